The SMILES string of the molecule is CCCC/C=C(\[C@H]1O[C@@H]1CCCC)[S@@](=O)c1ccc(C)cc1. The highest BCUT2D eigenvalue weighted by Crippen LogP contribution is 2.36. The number of rotatable bonds is 9. The van der Waals surface area contributed by atoms with Crippen molar-refractivity contribution in [3.05, 3.63) is 40.8 Å². The second kappa shape index (κ2) is 8.64. The van der Waals surface area contributed by atoms with Gasteiger partial charge in [0.15, 0.2) is 0 Å². The fourth-order valence-electron chi connectivity index (χ4n) is 2.56. The Labute approximate surface area is 137 Å². The van der Waals surface area contributed by atoms with Gasteiger partial charge in [-0.1, -0.05) is 63.3 Å². The number of ether oxygens (including phenoxy) is 1. The highest BCUT2D eigenvalue weighted by molar-refractivity contribution is 7.89. The van der Waals surface area contributed by atoms with Crippen molar-refractivity contribution in [3.63, 3.8) is 0 Å². The molecule has 0 radical (unpaired) electrons. The van der Waals surface area contributed by atoms with Gasteiger partial charge in [0.2, 0.25) is 0 Å². The molecule has 1 aliphatic rings. The van der Waals surface area contributed by atoms with E-state index >= 15 is 0 Å². The molecule has 0 spiro atoms. The first-order chi connectivity index (χ1) is 10.7. The lowest BCUT2D eigenvalue weighted by Crippen LogP contribution is -2.06. The van der Waals surface area contributed by atoms with Crippen LogP contribution in [0.4, 0.5) is 0 Å². The molecule has 1 heterocycles. The molecule has 22 heavy (non-hydrogen) atoms. The second-order valence-electron chi connectivity index (χ2n) is 6.07. The van der Waals surface area contributed by atoms with Crippen LogP contribution in [0, 0.1) is 6.92 Å². The molecular weight excluding hydrogens is 292 g/mol. The Bertz CT molecular complexity index is 519. The van der Waals surface area contributed by atoms with Crippen LogP contribution in [0.1, 0.15) is 57.9 Å². The lowest BCUT2D eigenvalue weighted by molar-refractivity contribution is 0.373. The zero-order chi connectivity index (χ0) is 15.9. The molecule has 3 atom stereocenters. The van der Waals surface area contributed by atoms with Crippen LogP contribution >= 0.6 is 0 Å². The molecule has 0 saturated carbocycles. The molecule has 1 aromatic carbocycles. The Morgan fingerprint density at radius 2 is 1.86 bits per heavy atom. The van der Waals surface area contributed by atoms with Crippen LogP contribution in [0.5, 0.6) is 0 Å². The summed E-state index contributed by atoms with van der Waals surface area (Å²) in [6, 6.07) is 8.00. The van der Waals surface area contributed by atoms with Crippen LogP contribution in [-0.2, 0) is 15.5 Å². The van der Waals surface area contributed by atoms with Crippen molar-refractivity contribution in [1.29, 1.82) is 0 Å². The topological polar surface area (TPSA) is 29.6 Å². The molecular formula is C19H28O2S. The number of hydrogen-bond donors (Lipinski definition) is 0. The maximum Gasteiger partial charge on any atom is 0.117 e. The third-order valence-corrected chi connectivity index (χ3v) is 5.58. The summed E-state index contributed by atoms with van der Waals surface area (Å²) < 4.78 is 18.7. The third-order valence-electron chi connectivity index (χ3n) is 4.06. The number of hydrogen-bond acceptors (Lipinski definition) is 2. The lowest BCUT2D eigenvalue weighted by atomic mass is 10.1. The van der Waals surface area contributed by atoms with Gasteiger partial charge in [-0.2, -0.15) is 0 Å². The van der Waals surface area contributed by atoms with E-state index < -0.39 is 10.8 Å². The summed E-state index contributed by atoms with van der Waals surface area (Å²) in [5.74, 6) is 0. The van der Waals surface area contributed by atoms with Crippen molar-refractivity contribution in [2.45, 2.75) is 76.4 Å². The molecule has 122 valence electrons. The van der Waals surface area contributed by atoms with Crippen molar-refractivity contribution >= 4 is 10.8 Å². The Morgan fingerprint density at radius 1 is 1.18 bits per heavy atom. The zero-order valence-electron chi connectivity index (χ0n) is 14.0. The highest BCUT2D eigenvalue weighted by atomic mass is 32.2. The summed E-state index contributed by atoms with van der Waals surface area (Å²) in [6.45, 7) is 6.43. The van der Waals surface area contributed by atoms with Crippen LogP contribution < -0.4 is 0 Å². The van der Waals surface area contributed by atoms with Crippen molar-refractivity contribution in [1.82, 2.24) is 0 Å². The zero-order valence-corrected chi connectivity index (χ0v) is 14.8. The van der Waals surface area contributed by atoms with E-state index in [-0.39, 0.29) is 12.2 Å². The third kappa shape index (κ3) is 4.79. The first kappa shape index (κ1) is 17.4. The Kier molecular flexibility index (Phi) is 6.84. The lowest BCUT2D eigenvalue weighted by Gasteiger charge is -2.06. The van der Waals surface area contributed by atoms with Gasteiger partial charge in [-0.15, -0.1) is 0 Å². The van der Waals surface area contributed by atoms with E-state index in [1.54, 1.807) is 0 Å². The van der Waals surface area contributed by atoms with Gasteiger partial charge in [0, 0.05) is 9.80 Å². The monoisotopic (exact) mass is 320 g/mol. The molecule has 0 aromatic heterocycles. The predicted molar refractivity (Wildman–Crippen MR) is 93.4 cm³/mol. The van der Waals surface area contributed by atoms with Gasteiger partial charge in [-0.05, 0) is 31.9 Å². The van der Waals surface area contributed by atoms with E-state index in [4.69, 9.17) is 4.74 Å². The van der Waals surface area contributed by atoms with Gasteiger partial charge in [0.25, 0.3) is 0 Å². The van der Waals surface area contributed by atoms with Crippen molar-refractivity contribution in [2.75, 3.05) is 0 Å². The van der Waals surface area contributed by atoms with E-state index in [0.717, 1.165) is 35.5 Å². The number of benzene rings is 1. The summed E-state index contributed by atoms with van der Waals surface area (Å²) in [5, 5.41) is 0. The molecule has 1 saturated heterocycles. The average molecular weight is 320 g/mol. The number of epoxide rings is 1. The first-order valence-electron chi connectivity index (χ1n) is 8.51. The summed E-state index contributed by atoms with van der Waals surface area (Å²) in [5.41, 5.74) is 1.20. The smallest absolute Gasteiger partial charge is 0.117 e. The van der Waals surface area contributed by atoms with E-state index in [2.05, 4.69) is 26.8 Å². The van der Waals surface area contributed by atoms with Gasteiger partial charge in [-0.3, -0.25) is 0 Å². The molecule has 1 fully saturated rings. The molecule has 2 nitrogen and oxygen atoms in total. The molecule has 0 bridgehead atoms. The largest absolute Gasteiger partial charge is 0.364 e. The predicted octanol–water partition coefficient (Wildman–Crippen LogP) is 5.13. The van der Waals surface area contributed by atoms with E-state index in [1.165, 1.54) is 18.4 Å². The maximum absolute atomic E-state index is 12.9. The minimum absolute atomic E-state index is 0.0746. The molecule has 0 unspecified atom stereocenters. The van der Waals surface area contributed by atoms with Gasteiger partial charge in [0.1, 0.15) is 6.10 Å². The van der Waals surface area contributed by atoms with Crippen LogP contribution in [0.25, 0.3) is 0 Å². The number of unbranched alkanes of at least 4 members (excludes halogenated alkanes) is 3. The quantitative estimate of drug-likeness (QED) is 0.466. The van der Waals surface area contributed by atoms with Gasteiger partial charge < -0.3 is 4.74 Å². The van der Waals surface area contributed by atoms with E-state index in [9.17, 15) is 4.21 Å². The minimum atomic E-state index is -1.09. The van der Waals surface area contributed by atoms with Crippen LogP contribution in [0.3, 0.4) is 0 Å². The standard InChI is InChI=1S/C19H28O2S/c1-4-6-8-10-18(19-17(21-19)9-7-5-2)22(20)16-13-11-15(3)12-14-16/h10-14,17,19H,4-9H2,1-3H3/b18-10+/t17-,19+,22+/m1/s1. The molecule has 2 rings (SSSR count). The number of aryl methyl sites for hydroxylation is 1. The maximum atomic E-state index is 12.9. The molecule has 3 heteroatoms. The van der Waals surface area contributed by atoms with Crippen LogP contribution in [0.15, 0.2) is 40.1 Å². The average Bonchev–Trinajstić information content (AvgIpc) is 3.29. The molecule has 0 amide bonds. The molecule has 0 N–H and O–H groups in total. The Morgan fingerprint density at radius 3 is 2.50 bits per heavy atom. The van der Waals surface area contributed by atoms with Crippen molar-refractivity contribution in [3.8, 4) is 0 Å². The van der Waals surface area contributed by atoms with Crippen LogP contribution in [0.2, 0.25) is 0 Å². The van der Waals surface area contributed by atoms with Gasteiger partial charge >= 0.3 is 0 Å². The van der Waals surface area contributed by atoms with Gasteiger partial charge in [-0.25, -0.2) is 4.21 Å². The van der Waals surface area contributed by atoms with Crippen molar-refractivity contribution in [2.24, 2.45) is 0 Å². The minimum Gasteiger partial charge on any atom is -0.364 e. The summed E-state index contributed by atoms with van der Waals surface area (Å²) in [7, 11) is -1.09. The fourth-order valence-corrected chi connectivity index (χ4v) is 3.90. The van der Waals surface area contributed by atoms with E-state index in [0.29, 0.717) is 0 Å². The first-order valence-corrected chi connectivity index (χ1v) is 9.66. The summed E-state index contributed by atoms with van der Waals surface area (Å²) in [6.07, 6.45) is 9.25. The number of allylic oxidation sites excluding steroid dienone is 1. The van der Waals surface area contributed by atoms with Crippen LogP contribution in [-0.4, -0.2) is 16.4 Å². The molecule has 0 aliphatic carbocycles. The summed E-state index contributed by atoms with van der Waals surface area (Å²) in [4.78, 5) is 1.87. The van der Waals surface area contributed by atoms with Crippen molar-refractivity contribution < 1.29 is 8.95 Å². The second-order valence-corrected chi connectivity index (χ2v) is 7.55. The Hall–Kier alpha value is -0.930. The van der Waals surface area contributed by atoms with E-state index in [1.807, 2.05) is 24.3 Å². The van der Waals surface area contributed by atoms with Gasteiger partial charge in [0.05, 0.1) is 16.9 Å². The molecule has 1 aromatic rings. The Balaban J connectivity index is 2.09. The summed E-state index contributed by atoms with van der Waals surface area (Å²) >= 11 is 0. The highest BCUT2D eigenvalue weighted by Gasteiger charge is 2.43. The fraction of sp³-hybridized carbons (Fsp3) is 0.579. The normalized spacial score (nSPS) is 22.6. The molecule has 1 aliphatic heterocycles.